The molecule has 0 saturated heterocycles. The van der Waals surface area contributed by atoms with Crippen LogP contribution in [0.25, 0.3) is 0 Å². The summed E-state index contributed by atoms with van der Waals surface area (Å²) in [6.45, 7) is 3.46. The quantitative estimate of drug-likeness (QED) is 0.638. The molecule has 23 heavy (non-hydrogen) atoms. The number of carbonyl (C=O) groups excluding carboxylic acids is 2. The van der Waals surface area contributed by atoms with Gasteiger partial charge in [0.15, 0.2) is 0 Å². The summed E-state index contributed by atoms with van der Waals surface area (Å²) in [6, 6.07) is 9.08. The second kappa shape index (κ2) is 8.08. The van der Waals surface area contributed by atoms with Crippen LogP contribution >= 0.6 is 23.4 Å². The maximum atomic E-state index is 11.9. The first-order valence-electron chi connectivity index (χ1n) is 7.01. The highest BCUT2D eigenvalue weighted by atomic mass is 35.5. The van der Waals surface area contributed by atoms with Crippen molar-refractivity contribution in [3.63, 3.8) is 0 Å². The van der Waals surface area contributed by atoms with E-state index in [0.29, 0.717) is 27.9 Å². The topological polar surface area (TPSA) is 71.3 Å². The minimum Gasteiger partial charge on any atom is -0.466 e. The third-order valence-corrected chi connectivity index (χ3v) is 4.54. The molecule has 0 aliphatic rings. The lowest BCUT2D eigenvalue weighted by atomic mass is 10.2. The van der Waals surface area contributed by atoms with Gasteiger partial charge in [-0.3, -0.25) is 20.4 Å². The van der Waals surface area contributed by atoms with Crippen LogP contribution in [-0.2, 0) is 4.79 Å². The van der Waals surface area contributed by atoms with Gasteiger partial charge in [0.2, 0.25) is 5.91 Å². The van der Waals surface area contributed by atoms with Crippen molar-refractivity contribution < 1.29 is 14.0 Å². The molecule has 2 N–H and O–H groups in total. The average molecular weight is 353 g/mol. The first kappa shape index (κ1) is 17.4. The van der Waals surface area contributed by atoms with Crippen molar-refractivity contribution in [2.24, 2.45) is 0 Å². The monoisotopic (exact) mass is 352 g/mol. The molecule has 1 aromatic carbocycles. The Morgan fingerprint density at radius 3 is 2.61 bits per heavy atom. The van der Waals surface area contributed by atoms with Crippen LogP contribution in [0.1, 0.15) is 28.3 Å². The maximum absolute atomic E-state index is 11.9. The predicted octanol–water partition coefficient (Wildman–Crippen LogP) is 3.49. The molecule has 2 aromatic rings. The van der Waals surface area contributed by atoms with Gasteiger partial charge in [-0.1, -0.05) is 23.7 Å². The smallest absolute Gasteiger partial charge is 0.273 e. The van der Waals surface area contributed by atoms with Gasteiger partial charge >= 0.3 is 0 Å². The van der Waals surface area contributed by atoms with Crippen LogP contribution in [0.15, 0.2) is 39.6 Å². The largest absolute Gasteiger partial charge is 0.466 e. The molecule has 5 nitrogen and oxygen atoms in total. The Morgan fingerprint density at radius 2 is 1.96 bits per heavy atom. The summed E-state index contributed by atoms with van der Waals surface area (Å²) >= 11 is 7.53. The van der Waals surface area contributed by atoms with Crippen molar-refractivity contribution in [1.82, 2.24) is 10.9 Å². The molecule has 0 unspecified atom stereocenters. The van der Waals surface area contributed by atoms with Crippen molar-refractivity contribution in [2.75, 3.05) is 5.75 Å². The molecule has 0 bridgehead atoms. The molecule has 0 saturated carbocycles. The Labute approximate surface area is 143 Å². The molecule has 0 aliphatic carbocycles. The second-order valence-electron chi connectivity index (χ2n) is 4.86. The zero-order valence-corrected chi connectivity index (χ0v) is 14.4. The highest BCUT2D eigenvalue weighted by Crippen LogP contribution is 2.26. The van der Waals surface area contributed by atoms with E-state index in [-0.39, 0.29) is 12.3 Å². The molecule has 1 aromatic heterocycles. The van der Waals surface area contributed by atoms with Gasteiger partial charge in [0.25, 0.3) is 5.91 Å². The van der Waals surface area contributed by atoms with Crippen molar-refractivity contribution in [1.29, 1.82) is 0 Å². The van der Waals surface area contributed by atoms with Crippen molar-refractivity contribution >= 4 is 35.2 Å². The number of rotatable bonds is 5. The van der Waals surface area contributed by atoms with E-state index in [2.05, 4.69) is 10.9 Å². The zero-order valence-electron chi connectivity index (χ0n) is 12.8. The number of benzene rings is 1. The Morgan fingerprint density at radius 1 is 1.22 bits per heavy atom. The van der Waals surface area contributed by atoms with E-state index in [1.165, 1.54) is 11.8 Å². The minimum absolute atomic E-state index is 0.263. The molecule has 122 valence electrons. The Kier molecular flexibility index (Phi) is 6.12. The fourth-order valence-electron chi connectivity index (χ4n) is 1.93. The number of halogens is 1. The summed E-state index contributed by atoms with van der Waals surface area (Å²) in [5, 5.41) is 0.664. The highest BCUT2D eigenvalue weighted by molar-refractivity contribution is 7.99. The molecule has 7 heteroatoms. The van der Waals surface area contributed by atoms with Crippen LogP contribution in [0.3, 0.4) is 0 Å². The fourth-order valence-corrected chi connectivity index (χ4v) is 3.12. The van der Waals surface area contributed by atoms with Crippen molar-refractivity contribution in [3.8, 4) is 0 Å². The van der Waals surface area contributed by atoms with Crippen molar-refractivity contribution in [3.05, 3.63) is 52.4 Å². The average Bonchev–Trinajstić information content (AvgIpc) is 2.85. The molecular formula is C16H17ClN2O3S. The van der Waals surface area contributed by atoms with E-state index in [1.807, 2.05) is 18.2 Å². The van der Waals surface area contributed by atoms with Gasteiger partial charge < -0.3 is 4.42 Å². The number of furan rings is 1. The van der Waals surface area contributed by atoms with E-state index < -0.39 is 5.91 Å². The summed E-state index contributed by atoms with van der Waals surface area (Å²) < 4.78 is 5.28. The van der Waals surface area contributed by atoms with Gasteiger partial charge in [-0.2, -0.15) is 0 Å². The lowest BCUT2D eigenvalue weighted by Gasteiger charge is -2.07. The summed E-state index contributed by atoms with van der Waals surface area (Å²) in [7, 11) is 0. The summed E-state index contributed by atoms with van der Waals surface area (Å²) in [5.74, 6) is 1.07. The number of aryl methyl sites for hydroxylation is 2. The molecule has 0 fully saturated rings. The number of hydrazine groups is 1. The number of nitrogens with one attached hydrogen (secondary N) is 2. The number of hydrogen-bond acceptors (Lipinski definition) is 4. The van der Waals surface area contributed by atoms with Crippen LogP contribution in [0.2, 0.25) is 5.02 Å². The predicted molar refractivity (Wildman–Crippen MR) is 90.6 cm³/mol. The zero-order chi connectivity index (χ0) is 16.8. The van der Waals surface area contributed by atoms with E-state index in [1.54, 1.807) is 26.0 Å². The lowest BCUT2D eigenvalue weighted by Crippen LogP contribution is -2.41. The molecule has 0 spiro atoms. The van der Waals surface area contributed by atoms with Crippen LogP contribution in [-0.4, -0.2) is 17.6 Å². The van der Waals surface area contributed by atoms with Crippen LogP contribution in [0, 0.1) is 13.8 Å². The summed E-state index contributed by atoms with van der Waals surface area (Å²) in [4.78, 5) is 24.6. The van der Waals surface area contributed by atoms with Crippen LogP contribution < -0.4 is 10.9 Å². The lowest BCUT2D eigenvalue weighted by molar-refractivity contribution is -0.121. The van der Waals surface area contributed by atoms with Crippen LogP contribution in [0.4, 0.5) is 0 Å². The van der Waals surface area contributed by atoms with E-state index >= 15 is 0 Å². The number of hydrogen-bond donors (Lipinski definition) is 2. The second-order valence-corrected chi connectivity index (χ2v) is 6.40. The highest BCUT2D eigenvalue weighted by Gasteiger charge is 2.14. The van der Waals surface area contributed by atoms with E-state index in [4.69, 9.17) is 16.0 Å². The van der Waals surface area contributed by atoms with Crippen molar-refractivity contribution in [2.45, 2.75) is 25.2 Å². The van der Waals surface area contributed by atoms with Gasteiger partial charge in [-0.25, -0.2) is 0 Å². The first-order valence-corrected chi connectivity index (χ1v) is 8.37. The Hall–Kier alpha value is -1.92. The SMILES string of the molecule is Cc1cc(C(=O)NNC(=O)CCSc2ccccc2Cl)c(C)o1. The summed E-state index contributed by atoms with van der Waals surface area (Å²) in [5.41, 5.74) is 5.18. The third kappa shape index (κ3) is 5.04. The first-order chi connectivity index (χ1) is 11.0. The standard InChI is InChI=1S/C16H17ClN2O3S/c1-10-9-12(11(2)22-10)16(21)19-18-15(20)7-8-23-14-6-4-3-5-13(14)17/h3-6,9H,7-8H2,1-2H3,(H,18,20)(H,19,21). The molecule has 0 aliphatic heterocycles. The van der Waals surface area contributed by atoms with E-state index in [0.717, 1.165) is 4.90 Å². The molecule has 2 amide bonds. The number of amides is 2. The fraction of sp³-hybridized carbons (Fsp3) is 0.250. The number of thioether (sulfide) groups is 1. The van der Waals surface area contributed by atoms with Gasteiger partial charge in [0, 0.05) is 17.1 Å². The molecule has 0 atom stereocenters. The minimum atomic E-state index is -0.397. The van der Waals surface area contributed by atoms with Gasteiger partial charge in [-0.05, 0) is 32.0 Å². The van der Waals surface area contributed by atoms with Gasteiger partial charge in [0.05, 0.1) is 10.6 Å². The van der Waals surface area contributed by atoms with Gasteiger partial charge in [-0.15, -0.1) is 11.8 Å². The molecule has 1 heterocycles. The Balaban J connectivity index is 1.74. The molecular weight excluding hydrogens is 336 g/mol. The number of carbonyl (C=O) groups is 2. The molecule has 0 radical (unpaired) electrons. The van der Waals surface area contributed by atoms with Crippen LogP contribution in [0.5, 0.6) is 0 Å². The van der Waals surface area contributed by atoms with E-state index in [9.17, 15) is 9.59 Å². The van der Waals surface area contributed by atoms with Gasteiger partial charge in [0.1, 0.15) is 11.5 Å². The molecule has 2 rings (SSSR count). The normalized spacial score (nSPS) is 10.4. The third-order valence-electron chi connectivity index (χ3n) is 3.02. The maximum Gasteiger partial charge on any atom is 0.273 e. The summed E-state index contributed by atoms with van der Waals surface area (Å²) in [6.07, 6.45) is 0.263. The Bertz CT molecular complexity index is 715.